The van der Waals surface area contributed by atoms with Crippen molar-refractivity contribution in [3.63, 3.8) is 0 Å². The van der Waals surface area contributed by atoms with Gasteiger partial charge in [-0.1, -0.05) is 13.8 Å². The smallest absolute Gasteiger partial charge is 0.225 e. The third-order valence-corrected chi connectivity index (χ3v) is 5.66. The van der Waals surface area contributed by atoms with Crippen molar-refractivity contribution in [2.24, 2.45) is 10.9 Å². The molecule has 3 rings (SSSR count). The van der Waals surface area contributed by atoms with E-state index in [4.69, 9.17) is 9.47 Å². The first-order valence-corrected chi connectivity index (χ1v) is 9.84. The van der Waals surface area contributed by atoms with Crippen LogP contribution in [0, 0.1) is 5.92 Å². The molecule has 1 fully saturated rings. The van der Waals surface area contributed by atoms with Gasteiger partial charge in [-0.2, -0.15) is 0 Å². The van der Waals surface area contributed by atoms with Crippen molar-refractivity contribution >= 4 is 24.2 Å². The number of aldehydes is 1. The SMILES string of the molecule is COc1cc2c(cc1OC)C(C=O)N(CC1(O)CCN(C(=O)C(C)C)CC1)C=N2. The highest BCUT2D eigenvalue weighted by atomic mass is 16.5. The molecule has 0 radical (unpaired) electrons. The standard InChI is InChI=1S/C21H29N3O5/c1-14(2)20(26)23-7-5-21(27,6-8-23)12-24-13-22-16-10-19(29-4)18(28-3)9-15(16)17(24)11-25/h9-11,13-14,17,27H,5-8,12H2,1-4H3. The van der Waals surface area contributed by atoms with Gasteiger partial charge in [-0.15, -0.1) is 0 Å². The summed E-state index contributed by atoms with van der Waals surface area (Å²) in [5.74, 6) is 1.11. The summed E-state index contributed by atoms with van der Waals surface area (Å²) in [6, 6.07) is 2.91. The number of amides is 1. The summed E-state index contributed by atoms with van der Waals surface area (Å²) in [6.45, 7) is 5.03. The number of hydrogen-bond acceptors (Lipinski definition) is 7. The van der Waals surface area contributed by atoms with E-state index >= 15 is 0 Å². The van der Waals surface area contributed by atoms with Gasteiger partial charge in [0.1, 0.15) is 12.3 Å². The summed E-state index contributed by atoms with van der Waals surface area (Å²) in [5, 5.41) is 11.1. The highest BCUT2D eigenvalue weighted by molar-refractivity contribution is 5.79. The maximum atomic E-state index is 12.2. The van der Waals surface area contributed by atoms with Crippen molar-refractivity contribution in [3.8, 4) is 11.5 Å². The Morgan fingerprint density at radius 3 is 2.45 bits per heavy atom. The van der Waals surface area contributed by atoms with Crippen LogP contribution in [-0.4, -0.2) is 72.9 Å². The second-order valence-corrected chi connectivity index (χ2v) is 7.97. The lowest BCUT2D eigenvalue weighted by molar-refractivity contribution is -0.139. The van der Waals surface area contributed by atoms with Crippen molar-refractivity contribution in [3.05, 3.63) is 17.7 Å². The zero-order chi connectivity index (χ0) is 21.2. The summed E-state index contributed by atoms with van der Waals surface area (Å²) >= 11 is 0. The number of methoxy groups -OCH3 is 2. The van der Waals surface area contributed by atoms with E-state index in [1.165, 1.54) is 0 Å². The van der Waals surface area contributed by atoms with Crippen molar-refractivity contribution in [1.29, 1.82) is 0 Å². The number of piperidine rings is 1. The summed E-state index contributed by atoms with van der Waals surface area (Å²) in [7, 11) is 3.09. The lowest BCUT2D eigenvalue weighted by Gasteiger charge is -2.42. The van der Waals surface area contributed by atoms with E-state index < -0.39 is 11.6 Å². The van der Waals surface area contributed by atoms with Crippen LogP contribution in [0.5, 0.6) is 11.5 Å². The number of nitrogens with zero attached hydrogens (tertiary/aromatic N) is 3. The largest absolute Gasteiger partial charge is 0.493 e. The van der Waals surface area contributed by atoms with Gasteiger partial charge in [-0.05, 0) is 18.9 Å². The van der Waals surface area contributed by atoms with Gasteiger partial charge in [-0.3, -0.25) is 4.79 Å². The summed E-state index contributed by atoms with van der Waals surface area (Å²) in [6.07, 6.45) is 3.36. The summed E-state index contributed by atoms with van der Waals surface area (Å²) < 4.78 is 10.7. The number of rotatable bonds is 6. The zero-order valence-electron chi connectivity index (χ0n) is 17.4. The normalized spacial score (nSPS) is 20.4. The van der Waals surface area contributed by atoms with Gasteiger partial charge in [0.2, 0.25) is 5.91 Å². The molecule has 8 nitrogen and oxygen atoms in total. The molecule has 2 heterocycles. The molecule has 8 heteroatoms. The zero-order valence-corrected chi connectivity index (χ0v) is 17.4. The number of aliphatic hydroxyl groups is 1. The summed E-state index contributed by atoms with van der Waals surface area (Å²) in [5.41, 5.74) is 0.353. The Labute approximate surface area is 171 Å². The minimum atomic E-state index is -0.991. The fourth-order valence-corrected chi connectivity index (χ4v) is 3.92. The number of benzene rings is 1. The Balaban J connectivity index is 1.76. The fraction of sp³-hybridized carbons (Fsp3) is 0.571. The molecule has 0 saturated carbocycles. The molecule has 0 aromatic heterocycles. The molecule has 0 spiro atoms. The third kappa shape index (κ3) is 4.22. The van der Waals surface area contributed by atoms with E-state index in [1.54, 1.807) is 42.5 Å². The van der Waals surface area contributed by atoms with Crippen LogP contribution in [0.2, 0.25) is 0 Å². The van der Waals surface area contributed by atoms with Crippen LogP contribution in [0.1, 0.15) is 38.3 Å². The average molecular weight is 403 g/mol. The molecule has 0 aliphatic carbocycles. The van der Waals surface area contributed by atoms with Crippen LogP contribution in [0.3, 0.4) is 0 Å². The molecular formula is C21H29N3O5. The molecule has 0 bridgehead atoms. The Hall–Kier alpha value is -2.61. The number of aliphatic imine (C=N–C) groups is 1. The molecule has 2 aliphatic heterocycles. The van der Waals surface area contributed by atoms with Crippen LogP contribution in [0.25, 0.3) is 0 Å². The first-order valence-electron chi connectivity index (χ1n) is 9.84. The first-order chi connectivity index (χ1) is 13.8. The van der Waals surface area contributed by atoms with Crippen LogP contribution >= 0.6 is 0 Å². The minimum absolute atomic E-state index is 0.0571. The molecule has 1 N–H and O–H groups in total. The summed E-state index contributed by atoms with van der Waals surface area (Å²) in [4.78, 5) is 32.1. The molecule has 1 amide bonds. The predicted molar refractivity (Wildman–Crippen MR) is 109 cm³/mol. The number of likely N-dealkylation sites (tertiary alicyclic amines) is 1. The molecule has 1 aromatic carbocycles. The quantitative estimate of drug-likeness (QED) is 0.730. The molecular weight excluding hydrogens is 374 g/mol. The maximum Gasteiger partial charge on any atom is 0.225 e. The van der Waals surface area contributed by atoms with E-state index in [0.29, 0.717) is 48.7 Å². The first kappa shape index (κ1) is 21.1. The van der Waals surface area contributed by atoms with E-state index in [2.05, 4.69) is 4.99 Å². The number of β-amino-alcohol motifs (C(OH)–C–C–N with tert-alkyl or cyclic N) is 1. The van der Waals surface area contributed by atoms with Crippen LogP contribution in [-0.2, 0) is 9.59 Å². The average Bonchev–Trinajstić information content (AvgIpc) is 2.72. The molecule has 2 aliphatic rings. The lowest BCUT2D eigenvalue weighted by atomic mass is 9.89. The van der Waals surface area contributed by atoms with E-state index in [0.717, 1.165) is 6.29 Å². The monoisotopic (exact) mass is 403 g/mol. The number of carbonyl (C=O) groups is 2. The Morgan fingerprint density at radius 2 is 1.90 bits per heavy atom. The topological polar surface area (TPSA) is 91.7 Å². The molecule has 158 valence electrons. The second kappa shape index (κ2) is 8.41. The van der Waals surface area contributed by atoms with Gasteiger partial charge in [0, 0.05) is 37.2 Å². The molecule has 1 unspecified atom stereocenters. The van der Waals surface area contributed by atoms with Crippen molar-refractivity contribution in [2.45, 2.75) is 38.3 Å². The van der Waals surface area contributed by atoms with Crippen molar-refractivity contribution in [2.75, 3.05) is 33.9 Å². The van der Waals surface area contributed by atoms with Gasteiger partial charge < -0.3 is 29.2 Å². The van der Waals surface area contributed by atoms with E-state index in [9.17, 15) is 14.7 Å². The third-order valence-electron chi connectivity index (χ3n) is 5.66. The highest BCUT2D eigenvalue weighted by Gasteiger charge is 2.38. The molecule has 1 saturated heterocycles. The van der Waals surface area contributed by atoms with Crippen molar-refractivity contribution < 1.29 is 24.2 Å². The van der Waals surface area contributed by atoms with E-state index in [-0.39, 0.29) is 18.4 Å². The van der Waals surface area contributed by atoms with Gasteiger partial charge >= 0.3 is 0 Å². The second-order valence-electron chi connectivity index (χ2n) is 7.97. The minimum Gasteiger partial charge on any atom is -0.493 e. The Morgan fingerprint density at radius 1 is 1.28 bits per heavy atom. The van der Waals surface area contributed by atoms with Crippen molar-refractivity contribution in [1.82, 2.24) is 9.80 Å². The lowest BCUT2D eigenvalue weighted by Crippen LogP contribution is -2.53. The van der Waals surface area contributed by atoms with Crippen LogP contribution in [0.4, 0.5) is 5.69 Å². The van der Waals surface area contributed by atoms with Gasteiger partial charge in [0.25, 0.3) is 0 Å². The Bertz CT molecular complexity index is 800. The molecule has 1 atom stereocenters. The van der Waals surface area contributed by atoms with Gasteiger partial charge in [-0.25, -0.2) is 4.99 Å². The molecule has 1 aromatic rings. The highest BCUT2D eigenvalue weighted by Crippen LogP contribution is 2.41. The maximum absolute atomic E-state index is 12.2. The number of fused-ring (bicyclic) bond motifs is 1. The number of hydrogen-bond donors (Lipinski definition) is 1. The van der Waals surface area contributed by atoms with Crippen LogP contribution < -0.4 is 9.47 Å². The number of ether oxygens (including phenoxy) is 2. The predicted octanol–water partition coefficient (Wildman–Crippen LogP) is 1.93. The van der Waals surface area contributed by atoms with Gasteiger partial charge in [0.05, 0.1) is 31.8 Å². The fourth-order valence-electron chi connectivity index (χ4n) is 3.92. The Kier molecular flexibility index (Phi) is 6.12. The molecule has 29 heavy (non-hydrogen) atoms. The van der Waals surface area contributed by atoms with Crippen LogP contribution in [0.15, 0.2) is 17.1 Å². The van der Waals surface area contributed by atoms with E-state index in [1.807, 2.05) is 13.8 Å². The number of carbonyl (C=O) groups excluding carboxylic acids is 2. The van der Waals surface area contributed by atoms with Gasteiger partial charge in [0.15, 0.2) is 11.5 Å².